The summed E-state index contributed by atoms with van der Waals surface area (Å²) in [4.78, 5) is 0. The van der Waals surface area contributed by atoms with Crippen LogP contribution in [0.25, 0.3) is 0 Å². The minimum absolute atomic E-state index is 0.135. The van der Waals surface area contributed by atoms with Crippen LogP contribution >= 0.6 is 12.2 Å². The van der Waals surface area contributed by atoms with Gasteiger partial charge in [0.25, 0.3) is 0 Å². The quantitative estimate of drug-likeness (QED) is 0.789. The Bertz CT molecular complexity index is 656. The molecule has 0 heterocycles. The number of benzene rings is 2. The first-order valence-corrected chi connectivity index (χ1v) is 7.00. The second kappa shape index (κ2) is 6.63. The van der Waals surface area contributed by atoms with Crippen LogP contribution in [0, 0.1) is 11.6 Å². The minimum Gasteiger partial charge on any atom is -0.332 e. The molecular formula is C16H16F2N2S. The number of halogens is 2. The highest BCUT2D eigenvalue weighted by Crippen LogP contribution is 2.24. The van der Waals surface area contributed by atoms with E-state index >= 15 is 0 Å². The average molecular weight is 306 g/mol. The van der Waals surface area contributed by atoms with Crippen LogP contribution in [0.4, 0.5) is 20.2 Å². The molecule has 0 atom stereocenters. The average Bonchev–Trinajstić information content (AvgIpc) is 2.42. The number of hydrogen-bond donors (Lipinski definition) is 2. The van der Waals surface area contributed by atoms with Crippen molar-refractivity contribution in [3.8, 4) is 0 Å². The molecule has 0 bridgehead atoms. The number of hydrogen-bond acceptors (Lipinski definition) is 1. The number of para-hydroxylation sites is 1. The molecule has 5 heteroatoms. The van der Waals surface area contributed by atoms with Crippen molar-refractivity contribution in [1.29, 1.82) is 0 Å². The summed E-state index contributed by atoms with van der Waals surface area (Å²) in [6.07, 6.45) is 0. The summed E-state index contributed by atoms with van der Waals surface area (Å²) in [6, 6.07) is 11.1. The molecule has 0 saturated heterocycles. The Morgan fingerprint density at radius 2 is 1.67 bits per heavy atom. The molecule has 0 aliphatic heterocycles. The molecule has 0 aliphatic rings. The van der Waals surface area contributed by atoms with Gasteiger partial charge in [0.15, 0.2) is 5.11 Å². The molecule has 0 fully saturated rings. The van der Waals surface area contributed by atoms with Gasteiger partial charge in [-0.1, -0.05) is 32.0 Å². The van der Waals surface area contributed by atoms with E-state index in [0.717, 1.165) is 17.3 Å². The van der Waals surface area contributed by atoms with Crippen molar-refractivity contribution in [2.75, 3.05) is 10.6 Å². The number of anilines is 2. The van der Waals surface area contributed by atoms with E-state index in [0.29, 0.717) is 5.92 Å². The van der Waals surface area contributed by atoms with Gasteiger partial charge in [0, 0.05) is 11.8 Å². The van der Waals surface area contributed by atoms with E-state index in [1.807, 2.05) is 24.3 Å². The molecular weight excluding hydrogens is 290 g/mol. The van der Waals surface area contributed by atoms with E-state index in [-0.39, 0.29) is 10.8 Å². The molecule has 0 amide bonds. The van der Waals surface area contributed by atoms with E-state index in [4.69, 9.17) is 12.2 Å². The molecule has 0 aromatic heterocycles. The Labute approximate surface area is 128 Å². The zero-order chi connectivity index (χ0) is 15.4. The zero-order valence-electron chi connectivity index (χ0n) is 11.8. The first-order chi connectivity index (χ1) is 9.97. The molecule has 0 unspecified atom stereocenters. The summed E-state index contributed by atoms with van der Waals surface area (Å²) in [7, 11) is 0. The van der Waals surface area contributed by atoms with Crippen molar-refractivity contribution in [2.24, 2.45) is 0 Å². The smallest absolute Gasteiger partial charge is 0.175 e. The van der Waals surface area contributed by atoms with E-state index in [1.165, 1.54) is 12.1 Å². The van der Waals surface area contributed by atoms with Gasteiger partial charge in [-0.05, 0) is 41.9 Å². The van der Waals surface area contributed by atoms with Crippen molar-refractivity contribution >= 4 is 28.7 Å². The lowest BCUT2D eigenvalue weighted by molar-refractivity contribution is 0.586. The topological polar surface area (TPSA) is 24.1 Å². The third-order valence-electron chi connectivity index (χ3n) is 3.01. The van der Waals surface area contributed by atoms with Gasteiger partial charge in [-0.2, -0.15) is 0 Å². The molecule has 0 saturated carbocycles. The van der Waals surface area contributed by atoms with E-state index in [1.54, 1.807) is 0 Å². The lowest BCUT2D eigenvalue weighted by atomic mass is 10.0. The Morgan fingerprint density at radius 1 is 1.00 bits per heavy atom. The SMILES string of the molecule is CC(C)c1ccccc1NC(=S)Nc1ccc(F)cc1F. The molecule has 2 rings (SSSR count). The highest BCUT2D eigenvalue weighted by molar-refractivity contribution is 7.80. The normalized spacial score (nSPS) is 10.5. The Hall–Kier alpha value is -2.01. The van der Waals surface area contributed by atoms with Crippen LogP contribution in [0.2, 0.25) is 0 Å². The third kappa shape index (κ3) is 3.98. The van der Waals surface area contributed by atoms with Gasteiger partial charge in [0.1, 0.15) is 11.6 Å². The van der Waals surface area contributed by atoms with Gasteiger partial charge in [0.05, 0.1) is 5.69 Å². The van der Waals surface area contributed by atoms with Gasteiger partial charge in [-0.25, -0.2) is 8.78 Å². The van der Waals surface area contributed by atoms with Crippen molar-refractivity contribution in [3.63, 3.8) is 0 Å². The third-order valence-corrected chi connectivity index (χ3v) is 3.21. The molecule has 0 aliphatic carbocycles. The summed E-state index contributed by atoms with van der Waals surface area (Å²) in [5.41, 5.74) is 2.12. The fraction of sp³-hybridized carbons (Fsp3) is 0.188. The Kier molecular flexibility index (Phi) is 4.85. The Morgan fingerprint density at radius 3 is 2.33 bits per heavy atom. The molecule has 2 N–H and O–H groups in total. The summed E-state index contributed by atoms with van der Waals surface area (Å²) in [6.45, 7) is 4.16. The van der Waals surface area contributed by atoms with E-state index < -0.39 is 11.6 Å². The van der Waals surface area contributed by atoms with Gasteiger partial charge >= 0.3 is 0 Å². The van der Waals surface area contributed by atoms with Crippen molar-refractivity contribution in [2.45, 2.75) is 19.8 Å². The van der Waals surface area contributed by atoms with Crippen LogP contribution in [0.3, 0.4) is 0 Å². The number of rotatable bonds is 3. The summed E-state index contributed by atoms with van der Waals surface area (Å²) in [5.74, 6) is -0.975. The summed E-state index contributed by atoms with van der Waals surface area (Å²) < 4.78 is 26.4. The largest absolute Gasteiger partial charge is 0.332 e. The number of nitrogens with one attached hydrogen (secondary N) is 2. The van der Waals surface area contributed by atoms with Crippen LogP contribution in [0.15, 0.2) is 42.5 Å². The van der Waals surface area contributed by atoms with Gasteiger partial charge < -0.3 is 10.6 Å². The fourth-order valence-corrected chi connectivity index (χ4v) is 2.20. The summed E-state index contributed by atoms with van der Waals surface area (Å²) >= 11 is 5.17. The Balaban J connectivity index is 2.12. The maximum Gasteiger partial charge on any atom is 0.175 e. The molecule has 110 valence electrons. The molecule has 0 radical (unpaired) electrons. The van der Waals surface area contributed by atoms with Gasteiger partial charge in [0.2, 0.25) is 0 Å². The monoisotopic (exact) mass is 306 g/mol. The van der Waals surface area contributed by atoms with Crippen LogP contribution < -0.4 is 10.6 Å². The van der Waals surface area contributed by atoms with Gasteiger partial charge in [-0.15, -0.1) is 0 Å². The summed E-state index contributed by atoms with van der Waals surface area (Å²) in [5, 5.41) is 6.03. The molecule has 2 aromatic rings. The predicted octanol–water partition coefficient (Wildman–Crippen LogP) is 4.90. The highest BCUT2D eigenvalue weighted by atomic mass is 32.1. The molecule has 2 aromatic carbocycles. The van der Waals surface area contributed by atoms with E-state index in [2.05, 4.69) is 24.5 Å². The van der Waals surface area contributed by atoms with Crippen molar-refractivity contribution < 1.29 is 8.78 Å². The minimum atomic E-state index is -0.684. The van der Waals surface area contributed by atoms with Crippen LogP contribution in [-0.2, 0) is 0 Å². The maximum absolute atomic E-state index is 13.6. The van der Waals surface area contributed by atoms with Crippen LogP contribution in [0.1, 0.15) is 25.3 Å². The highest BCUT2D eigenvalue weighted by Gasteiger charge is 2.09. The lowest BCUT2D eigenvalue weighted by Gasteiger charge is -2.16. The zero-order valence-corrected chi connectivity index (χ0v) is 12.6. The molecule has 2 nitrogen and oxygen atoms in total. The number of thiocarbonyl (C=S) groups is 1. The molecule has 21 heavy (non-hydrogen) atoms. The van der Waals surface area contributed by atoms with Crippen molar-refractivity contribution in [1.82, 2.24) is 0 Å². The predicted molar refractivity (Wildman–Crippen MR) is 86.7 cm³/mol. The second-order valence-corrected chi connectivity index (χ2v) is 5.35. The van der Waals surface area contributed by atoms with Crippen LogP contribution in [-0.4, -0.2) is 5.11 Å². The first-order valence-electron chi connectivity index (χ1n) is 6.59. The van der Waals surface area contributed by atoms with Crippen molar-refractivity contribution in [3.05, 3.63) is 59.7 Å². The standard InChI is InChI=1S/C16H16F2N2S/c1-10(2)12-5-3-4-6-14(12)19-16(21)20-15-8-7-11(17)9-13(15)18/h3-10H,1-2H3,(H2,19,20,21). The molecule has 0 spiro atoms. The fourth-order valence-electron chi connectivity index (χ4n) is 1.98. The van der Waals surface area contributed by atoms with Crippen LogP contribution in [0.5, 0.6) is 0 Å². The second-order valence-electron chi connectivity index (χ2n) is 4.95. The van der Waals surface area contributed by atoms with Gasteiger partial charge in [-0.3, -0.25) is 0 Å². The lowest BCUT2D eigenvalue weighted by Crippen LogP contribution is -2.20. The first kappa shape index (κ1) is 15.4. The maximum atomic E-state index is 13.6. The van der Waals surface area contributed by atoms with E-state index in [9.17, 15) is 8.78 Å².